The molecule has 3 heterocycles. The van der Waals surface area contributed by atoms with E-state index in [4.69, 9.17) is 0 Å². The van der Waals surface area contributed by atoms with Gasteiger partial charge in [-0.2, -0.15) is 0 Å². The molecule has 4 rings (SSSR count). The Hall–Kier alpha value is -3.80. The second-order valence-corrected chi connectivity index (χ2v) is 7.92. The third-order valence-corrected chi connectivity index (χ3v) is 5.46. The molecule has 1 aliphatic rings. The third-order valence-electron chi connectivity index (χ3n) is 5.46. The molecule has 0 atom stereocenters. The summed E-state index contributed by atoms with van der Waals surface area (Å²) in [4.78, 5) is 23.9. The number of benzene rings is 1. The maximum atomic E-state index is 13.0. The summed E-state index contributed by atoms with van der Waals surface area (Å²) < 4.78 is 44.8. The van der Waals surface area contributed by atoms with Crippen LogP contribution in [-0.2, 0) is 7.05 Å². The average Bonchev–Trinajstić information content (AvgIpc) is 3.17. The van der Waals surface area contributed by atoms with Gasteiger partial charge in [0, 0.05) is 56.9 Å². The van der Waals surface area contributed by atoms with Crippen LogP contribution < -0.4 is 20.1 Å². The smallest absolute Gasteiger partial charge is 0.545 e. The number of hydrogen-bond donors (Lipinski definition) is 1. The first-order valence-electron chi connectivity index (χ1n) is 10.4. The number of aryl methyl sites for hydroxylation is 1. The zero-order valence-electron chi connectivity index (χ0n) is 18.5. The second kappa shape index (κ2) is 9.21. The number of ether oxygens (including phenoxy) is 1. The Bertz CT molecular complexity index is 1190. The van der Waals surface area contributed by atoms with E-state index in [1.165, 1.54) is 24.5 Å². The van der Waals surface area contributed by atoms with Gasteiger partial charge in [0.2, 0.25) is 5.95 Å². The van der Waals surface area contributed by atoms with Gasteiger partial charge in [-0.05, 0) is 37.4 Å². The first kappa shape index (κ1) is 23.4. The molecule has 9 nitrogen and oxygen atoms in total. The summed E-state index contributed by atoms with van der Waals surface area (Å²) >= 11 is 0. The van der Waals surface area contributed by atoms with E-state index in [2.05, 4.69) is 29.8 Å². The number of hydrogen-bond acceptors (Lipinski definition) is 8. The summed E-state index contributed by atoms with van der Waals surface area (Å²) in [6.45, 7) is 3.13. The van der Waals surface area contributed by atoms with Gasteiger partial charge in [-0.1, -0.05) is 0 Å². The number of alkyl halides is 3. The molecule has 12 heteroatoms. The van der Waals surface area contributed by atoms with E-state index in [0.29, 0.717) is 11.4 Å². The number of likely N-dealkylation sites (N-methyl/N-ethyl adjacent to an activating group) is 1. The maximum Gasteiger partial charge on any atom is 0.573 e. The molecule has 34 heavy (non-hydrogen) atoms. The highest BCUT2D eigenvalue weighted by Crippen LogP contribution is 2.35. The number of nitrogens with zero attached hydrogens (tertiary/aromatic N) is 5. The number of aromatic carboxylic acids is 1. The molecule has 0 saturated carbocycles. The molecular weight excluding hydrogens is 453 g/mol. The fourth-order valence-electron chi connectivity index (χ4n) is 3.70. The van der Waals surface area contributed by atoms with E-state index in [1.54, 1.807) is 29.8 Å². The number of anilines is 3. The van der Waals surface area contributed by atoms with Crippen molar-refractivity contribution in [2.75, 3.05) is 43.4 Å². The fourth-order valence-corrected chi connectivity index (χ4v) is 3.70. The van der Waals surface area contributed by atoms with Crippen LogP contribution in [0, 0.1) is 0 Å². The summed E-state index contributed by atoms with van der Waals surface area (Å²) in [5.74, 6) is -1.72. The molecule has 0 spiro atoms. The molecule has 0 aliphatic carbocycles. The maximum absolute atomic E-state index is 13.0. The summed E-state index contributed by atoms with van der Waals surface area (Å²) in [7, 11) is 3.66. The highest BCUT2D eigenvalue weighted by Gasteiger charge is 2.32. The zero-order chi connectivity index (χ0) is 24.5. The van der Waals surface area contributed by atoms with Crippen molar-refractivity contribution in [2.45, 2.75) is 6.36 Å². The minimum Gasteiger partial charge on any atom is -0.545 e. The van der Waals surface area contributed by atoms with Crippen molar-refractivity contribution in [1.29, 1.82) is 0 Å². The first-order valence-corrected chi connectivity index (χ1v) is 10.4. The van der Waals surface area contributed by atoms with E-state index in [9.17, 15) is 23.1 Å². The summed E-state index contributed by atoms with van der Waals surface area (Å²) in [6, 6.07) is 7.37. The molecule has 0 unspecified atom stereocenters. The number of carbonyl (C=O) groups excluding carboxylic acids is 1. The van der Waals surface area contributed by atoms with Crippen LogP contribution in [0.25, 0.3) is 11.4 Å². The number of aromatic nitrogens is 3. The number of rotatable bonds is 6. The lowest BCUT2D eigenvalue weighted by Gasteiger charge is -2.34. The highest BCUT2D eigenvalue weighted by atomic mass is 19.4. The van der Waals surface area contributed by atoms with Gasteiger partial charge in [-0.15, -0.1) is 13.2 Å². The fraction of sp³-hybridized carbons (Fsp3) is 0.318. The van der Waals surface area contributed by atoms with Gasteiger partial charge in [0.05, 0.1) is 23.0 Å². The van der Waals surface area contributed by atoms with Crippen molar-refractivity contribution in [3.8, 4) is 17.1 Å². The molecular formula is C22H22F3N6O3-. The van der Waals surface area contributed by atoms with Crippen LogP contribution in [0.1, 0.15) is 10.4 Å². The third kappa shape index (κ3) is 5.39. The lowest BCUT2D eigenvalue weighted by Crippen LogP contribution is -2.44. The van der Waals surface area contributed by atoms with Gasteiger partial charge in [-0.25, -0.2) is 9.97 Å². The summed E-state index contributed by atoms with van der Waals surface area (Å²) in [5, 5.41) is 14.0. The normalized spacial score (nSPS) is 14.8. The van der Waals surface area contributed by atoms with Crippen LogP contribution in [-0.4, -0.2) is 65.0 Å². The standard InChI is InChI=1S/C22H23F3N6O3/c1-29-7-9-31(10-8-29)15-3-4-19(34-22(23,24)25)17(12-15)28-21-26-6-5-16(27-21)18-11-14(20(32)33)13-30(18)2/h3-6,11-13H,7-10H2,1-2H3,(H,32,33)(H,26,27,28)/p-1. The molecule has 1 fully saturated rings. The Morgan fingerprint density at radius 2 is 1.85 bits per heavy atom. The van der Waals surface area contributed by atoms with Crippen LogP contribution in [0.3, 0.4) is 0 Å². The van der Waals surface area contributed by atoms with Gasteiger partial charge in [-0.3, -0.25) is 0 Å². The lowest BCUT2D eigenvalue weighted by molar-refractivity contribution is -0.274. The molecule has 0 radical (unpaired) electrons. The number of carboxylic acid groups (broad SMARTS) is 1. The number of halogens is 3. The van der Waals surface area contributed by atoms with Crippen molar-refractivity contribution in [3.05, 3.63) is 48.3 Å². The quantitative estimate of drug-likeness (QED) is 0.580. The van der Waals surface area contributed by atoms with Gasteiger partial charge in [0.25, 0.3) is 0 Å². The second-order valence-electron chi connectivity index (χ2n) is 7.92. The van der Waals surface area contributed by atoms with Crippen molar-refractivity contribution in [3.63, 3.8) is 0 Å². The van der Waals surface area contributed by atoms with E-state index in [0.717, 1.165) is 31.9 Å². The molecule has 1 aromatic carbocycles. The number of carboxylic acids is 1. The van der Waals surface area contributed by atoms with Crippen LogP contribution in [0.5, 0.6) is 5.75 Å². The Balaban J connectivity index is 1.66. The Kier molecular flexibility index (Phi) is 6.33. The van der Waals surface area contributed by atoms with Crippen molar-refractivity contribution in [2.24, 2.45) is 7.05 Å². The SMILES string of the molecule is CN1CCN(c2ccc(OC(F)(F)F)c(Nc3nccc(-c4cc(C(=O)[O-])cn4C)n3)c2)CC1. The van der Waals surface area contributed by atoms with E-state index >= 15 is 0 Å². The van der Waals surface area contributed by atoms with E-state index in [-0.39, 0.29) is 17.2 Å². The van der Waals surface area contributed by atoms with Crippen molar-refractivity contribution < 1.29 is 27.8 Å². The number of piperazine rings is 1. The average molecular weight is 475 g/mol. The van der Waals surface area contributed by atoms with Gasteiger partial charge >= 0.3 is 6.36 Å². The monoisotopic (exact) mass is 475 g/mol. The van der Waals surface area contributed by atoms with Gasteiger partial charge in [0.15, 0.2) is 5.75 Å². The summed E-state index contributed by atoms with van der Waals surface area (Å²) in [6.07, 6.45) is -2.07. The van der Waals surface area contributed by atoms with Crippen LogP contribution in [0.4, 0.5) is 30.5 Å². The Labute approximate surface area is 193 Å². The highest BCUT2D eigenvalue weighted by molar-refractivity contribution is 5.87. The number of nitrogens with one attached hydrogen (secondary N) is 1. The van der Waals surface area contributed by atoms with E-state index < -0.39 is 18.1 Å². The topological polar surface area (TPSA) is 98.6 Å². The molecule has 1 N–H and O–H groups in total. The van der Waals surface area contributed by atoms with Crippen LogP contribution in [0.15, 0.2) is 42.7 Å². The predicted octanol–water partition coefficient (Wildman–Crippen LogP) is 2.24. The molecule has 1 aliphatic heterocycles. The minimum absolute atomic E-state index is 0.0219. The van der Waals surface area contributed by atoms with Crippen molar-refractivity contribution in [1.82, 2.24) is 19.4 Å². The zero-order valence-corrected chi connectivity index (χ0v) is 18.5. The predicted molar refractivity (Wildman–Crippen MR) is 117 cm³/mol. The molecule has 180 valence electrons. The molecule has 2 aromatic heterocycles. The van der Waals surface area contributed by atoms with Crippen molar-refractivity contribution >= 4 is 23.3 Å². The van der Waals surface area contributed by atoms with Gasteiger partial charge in [0.1, 0.15) is 0 Å². The van der Waals surface area contributed by atoms with Gasteiger partial charge < -0.3 is 34.3 Å². The number of carbonyl (C=O) groups is 1. The molecule has 0 amide bonds. The van der Waals surface area contributed by atoms with Crippen LogP contribution in [0.2, 0.25) is 0 Å². The largest absolute Gasteiger partial charge is 0.573 e. The lowest BCUT2D eigenvalue weighted by atomic mass is 10.2. The molecule has 1 saturated heterocycles. The van der Waals surface area contributed by atoms with Crippen LogP contribution >= 0.6 is 0 Å². The minimum atomic E-state index is -4.88. The molecule has 3 aromatic rings. The first-order chi connectivity index (χ1) is 16.1. The summed E-state index contributed by atoms with van der Waals surface area (Å²) in [5.41, 5.74) is 1.62. The Morgan fingerprint density at radius 3 is 2.50 bits per heavy atom. The van der Waals surface area contributed by atoms with E-state index in [1.807, 2.05) is 7.05 Å². The Morgan fingerprint density at radius 1 is 1.12 bits per heavy atom. The molecule has 0 bridgehead atoms.